The number of carbonyl (C=O) groups excluding carboxylic acids is 1. The van der Waals surface area contributed by atoms with Gasteiger partial charge in [-0.25, -0.2) is 4.79 Å². The fourth-order valence-electron chi connectivity index (χ4n) is 2.46. The molecule has 5 nitrogen and oxygen atoms in total. The molecule has 6 heteroatoms. The van der Waals surface area contributed by atoms with Gasteiger partial charge < -0.3 is 20.3 Å². The van der Waals surface area contributed by atoms with Crippen LogP contribution in [0.15, 0.2) is 35.5 Å². The molecule has 1 atom stereocenters. The minimum absolute atomic E-state index is 0.173. The summed E-state index contributed by atoms with van der Waals surface area (Å²) in [5, 5.41) is 6.67. The molecule has 0 bridgehead atoms. The second-order valence-electron chi connectivity index (χ2n) is 6.01. The van der Waals surface area contributed by atoms with Crippen molar-refractivity contribution in [3.8, 4) is 0 Å². The van der Waals surface area contributed by atoms with Gasteiger partial charge in [-0.2, -0.15) is 0 Å². The Morgan fingerprint density at radius 1 is 1.26 bits per heavy atom. The molecule has 1 aromatic carbocycles. The lowest BCUT2D eigenvalue weighted by Crippen LogP contribution is -2.45. The molecule has 1 heterocycles. The summed E-state index contributed by atoms with van der Waals surface area (Å²) < 4.78 is 5.38. The Hall–Kier alpha value is -2.08. The maximum atomic E-state index is 12.5. The number of benzene rings is 1. The Balaban J connectivity index is 2.38. The van der Waals surface area contributed by atoms with E-state index in [1.807, 2.05) is 64.0 Å². The third kappa shape index (κ3) is 4.01. The number of allylic oxidation sites excluding steroid dienone is 1. The van der Waals surface area contributed by atoms with E-state index < -0.39 is 0 Å². The van der Waals surface area contributed by atoms with Crippen LogP contribution < -0.4 is 15.5 Å². The summed E-state index contributed by atoms with van der Waals surface area (Å²) in [7, 11) is 3.98. The molecule has 0 aromatic heterocycles. The summed E-state index contributed by atoms with van der Waals surface area (Å²) in [6.07, 6.45) is -0.173. The van der Waals surface area contributed by atoms with Crippen molar-refractivity contribution in [2.75, 3.05) is 19.0 Å². The van der Waals surface area contributed by atoms with E-state index in [4.69, 9.17) is 17.0 Å². The van der Waals surface area contributed by atoms with Crippen molar-refractivity contribution < 1.29 is 9.53 Å². The first-order valence-corrected chi connectivity index (χ1v) is 7.97. The van der Waals surface area contributed by atoms with E-state index >= 15 is 0 Å². The van der Waals surface area contributed by atoms with Crippen LogP contribution in [0.2, 0.25) is 0 Å². The number of nitrogens with one attached hydrogen (secondary N) is 2. The quantitative estimate of drug-likeness (QED) is 0.652. The smallest absolute Gasteiger partial charge is 0.338 e. The predicted octanol–water partition coefficient (Wildman–Crippen LogP) is 2.50. The van der Waals surface area contributed by atoms with Crippen LogP contribution in [0.5, 0.6) is 0 Å². The minimum Gasteiger partial charge on any atom is -0.459 e. The van der Waals surface area contributed by atoms with Crippen LogP contribution >= 0.6 is 12.2 Å². The van der Waals surface area contributed by atoms with Gasteiger partial charge in [0.15, 0.2) is 5.11 Å². The number of hydrogen-bond acceptors (Lipinski definition) is 4. The van der Waals surface area contributed by atoms with E-state index in [0.29, 0.717) is 10.7 Å². The predicted molar refractivity (Wildman–Crippen MR) is 96.3 cm³/mol. The first-order valence-electron chi connectivity index (χ1n) is 7.56. The molecule has 0 unspecified atom stereocenters. The normalized spacial score (nSPS) is 17.7. The van der Waals surface area contributed by atoms with Gasteiger partial charge in [-0.05, 0) is 50.7 Å². The van der Waals surface area contributed by atoms with Crippen LogP contribution in [0.3, 0.4) is 0 Å². The van der Waals surface area contributed by atoms with Gasteiger partial charge in [0.1, 0.15) is 0 Å². The number of thiocarbonyl (C=S) groups is 1. The molecular formula is C17H23N3O2S. The van der Waals surface area contributed by atoms with E-state index in [2.05, 4.69) is 10.6 Å². The lowest BCUT2D eigenvalue weighted by Gasteiger charge is -2.30. The van der Waals surface area contributed by atoms with Gasteiger partial charge in [-0.1, -0.05) is 12.1 Å². The highest BCUT2D eigenvalue weighted by atomic mass is 32.1. The number of hydrogen-bond donors (Lipinski definition) is 2. The first-order chi connectivity index (χ1) is 10.8. The van der Waals surface area contributed by atoms with Gasteiger partial charge in [-0.3, -0.25) is 0 Å². The zero-order valence-electron chi connectivity index (χ0n) is 14.1. The highest BCUT2D eigenvalue weighted by Gasteiger charge is 2.31. The molecule has 0 saturated carbocycles. The second kappa shape index (κ2) is 7.00. The molecule has 2 N–H and O–H groups in total. The molecule has 1 aliphatic rings. The number of ether oxygens (including phenoxy) is 1. The van der Waals surface area contributed by atoms with E-state index in [1.54, 1.807) is 0 Å². The zero-order valence-corrected chi connectivity index (χ0v) is 15.0. The summed E-state index contributed by atoms with van der Waals surface area (Å²) in [6, 6.07) is 7.71. The fraction of sp³-hybridized carbons (Fsp3) is 0.412. The summed E-state index contributed by atoms with van der Waals surface area (Å²) in [4.78, 5) is 14.5. The molecule has 23 heavy (non-hydrogen) atoms. The summed E-state index contributed by atoms with van der Waals surface area (Å²) in [5.74, 6) is -0.332. The maximum absolute atomic E-state index is 12.5. The summed E-state index contributed by atoms with van der Waals surface area (Å²) in [5.41, 5.74) is 3.35. The average Bonchev–Trinajstić information content (AvgIpc) is 2.45. The van der Waals surface area contributed by atoms with Crippen LogP contribution in [-0.4, -0.2) is 31.3 Å². The zero-order chi connectivity index (χ0) is 17.1. The molecule has 0 fully saturated rings. The lowest BCUT2D eigenvalue weighted by molar-refractivity contribution is -0.143. The lowest BCUT2D eigenvalue weighted by atomic mass is 9.95. The van der Waals surface area contributed by atoms with Crippen molar-refractivity contribution in [3.05, 3.63) is 41.1 Å². The SMILES string of the molecule is CC1=C(C(=O)OC(C)C)[C@@H](c2ccc(N(C)C)cc2)NC(=S)N1. The number of esters is 1. The van der Waals surface area contributed by atoms with Gasteiger partial charge in [0.2, 0.25) is 0 Å². The third-order valence-electron chi connectivity index (χ3n) is 3.57. The van der Waals surface area contributed by atoms with Crippen molar-refractivity contribution >= 4 is 29.0 Å². The van der Waals surface area contributed by atoms with Crippen molar-refractivity contribution in [3.63, 3.8) is 0 Å². The molecule has 1 aliphatic heterocycles. The van der Waals surface area contributed by atoms with Gasteiger partial charge in [-0.15, -0.1) is 0 Å². The highest BCUT2D eigenvalue weighted by molar-refractivity contribution is 7.80. The minimum atomic E-state index is -0.332. The summed E-state index contributed by atoms with van der Waals surface area (Å²) >= 11 is 5.24. The Bertz CT molecular complexity index is 636. The maximum Gasteiger partial charge on any atom is 0.338 e. The topological polar surface area (TPSA) is 53.6 Å². The van der Waals surface area contributed by atoms with Crippen LogP contribution in [0.1, 0.15) is 32.4 Å². The van der Waals surface area contributed by atoms with Gasteiger partial charge in [0.25, 0.3) is 0 Å². The summed E-state index contributed by atoms with van der Waals surface area (Å²) in [6.45, 7) is 5.51. The van der Waals surface area contributed by atoms with Gasteiger partial charge in [0, 0.05) is 25.5 Å². The average molecular weight is 333 g/mol. The fourth-order valence-corrected chi connectivity index (χ4v) is 2.73. The molecule has 0 saturated heterocycles. The van der Waals surface area contributed by atoms with E-state index in [-0.39, 0.29) is 18.1 Å². The molecular weight excluding hydrogens is 310 g/mol. The number of rotatable bonds is 4. The van der Waals surface area contributed by atoms with Gasteiger partial charge >= 0.3 is 5.97 Å². The van der Waals surface area contributed by atoms with E-state index in [0.717, 1.165) is 16.9 Å². The van der Waals surface area contributed by atoms with Gasteiger partial charge in [0.05, 0.1) is 17.7 Å². The Labute approximate surface area is 142 Å². The van der Waals surface area contributed by atoms with Crippen molar-refractivity contribution in [1.29, 1.82) is 0 Å². The Kier molecular flexibility index (Phi) is 5.26. The standard InChI is InChI=1S/C17H23N3O2S/c1-10(2)22-16(21)14-11(3)18-17(23)19-15(14)12-6-8-13(9-7-12)20(4)5/h6-10,15H,1-5H3,(H2,18,19,23)/t15-/m1/s1. The van der Waals surface area contributed by atoms with E-state index in [1.165, 1.54) is 0 Å². The molecule has 0 aliphatic carbocycles. The molecule has 0 radical (unpaired) electrons. The number of nitrogens with zero attached hydrogens (tertiary/aromatic N) is 1. The number of anilines is 1. The second-order valence-corrected chi connectivity index (χ2v) is 6.42. The van der Waals surface area contributed by atoms with Crippen LogP contribution in [-0.2, 0) is 9.53 Å². The van der Waals surface area contributed by atoms with E-state index in [9.17, 15) is 4.79 Å². The van der Waals surface area contributed by atoms with Crippen LogP contribution in [0.25, 0.3) is 0 Å². The molecule has 0 spiro atoms. The number of carbonyl (C=O) groups is 1. The monoisotopic (exact) mass is 333 g/mol. The molecule has 1 aromatic rings. The van der Waals surface area contributed by atoms with Crippen molar-refractivity contribution in [1.82, 2.24) is 10.6 Å². The highest BCUT2D eigenvalue weighted by Crippen LogP contribution is 2.29. The third-order valence-corrected chi connectivity index (χ3v) is 3.79. The van der Waals surface area contributed by atoms with Crippen molar-refractivity contribution in [2.45, 2.75) is 32.9 Å². The Morgan fingerprint density at radius 3 is 2.39 bits per heavy atom. The van der Waals surface area contributed by atoms with Crippen molar-refractivity contribution in [2.24, 2.45) is 0 Å². The largest absolute Gasteiger partial charge is 0.459 e. The molecule has 0 amide bonds. The molecule has 124 valence electrons. The first kappa shape index (κ1) is 17.3. The molecule has 2 rings (SSSR count). The van der Waals surface area contributed by atoms with Crippen LogP contribution in [0.4, 0.5) is 5.69 Å². The Morgan fingerprint density at radius 2 is 1.87 bits per heavy atom. The van der Waals surface area contributed by atoms with Crippen LogP contribution in [0, 0.1) is 0 Å².